The molecule has 1 aliphatic rings. The minimum atomic E-state index is -0.514. The van der Waals surface area contributed by atoms with Crippen LogP contribution in [0.25, 0.3) is 20.8 Å². The number of nitrogen functional groups attached to an aromatic ring is 1. The number of ether oxygens (including phenoxy) is 1. The summed E-state index contributed by atoms with van der Waals surface area (Å²) in [6.07, 6.45) is 5.50. The molecule has 0 saturated carbocycles. The molecule has 0 bridgehead atoms. The van der Waals surface area contributed by atoms with E-state index in [0.717, 1.165) is 58.8 Å². The molecule has 1 aromatic carbocycles. The Labute approximate surface area is 213 Å². The van der Waals surface area contributed by atoms with Crippen LogP contribution in [0, 0.1) is 11.7 Å². The number of carbonyl (C=O) groups excluding carboxylic acids is 1. The van der Waals surface area contributed by atoms with E-state index in [1.54, 1.807) is 18.3 Å². The Morgan fingerprint density at radius 2 is 2.11 bits per heavy atom. The van der Waals surface area contributed by atoms with Crippen molar-refractivity contribution in [3.05, 3.63) is 66.2 Å². The van der Waals surface area contributed by atoms with Crippen molar-refractivity contribution in [1.82, 2.24) is 20.2 Å². The van der Waals surface area contributed by atoms with Gasteiger partial charge in [0.2, 0.25) is 5.91 Å². The highest BCUT2D eigenvalue weighted by molar-refractivity contribution is 7.22. The number of nitrogens with two attached hydrogens (primary N) is 1. The number of halogens is 1. The fourth-order valence-corrected chi connectivity index (χ4v) is 5.54. The Morgan fingerprint density at radius 3 is 2.89 bits per heavy atom. The number of piperidine rings is 1. The lowest BCUT2D eigenvalue weighted by atomic mass is 9.97. The summed E-state index contributed by atoms with van der Waals surface area (Å²) < 4.78 is 20.9. The van der Waals surface area contributed by atoms with Gasteiger partial charge >= 0.3 is 0 Å². The number of likely N-dealkylation sites (tertiary alicyclic amines) is 1. The Kier molecular flexibility index (Phi) is 7.11. The SMILES string of the molecule is CCNC(=O)C1CCCN(Cc2ccc(-c3cc4nccc(Oc5ccc(N)cc5F)c4s3)nc2)C1. The lowest BCUT2D eigenvalue weighted by Gasteiger charge is -2.31. The number of amides is 1. The molecule has 5 rings (SSSR count). The second-order valence-electron chi connectivity index (χ2n) is 8.95. The highest BCUT2D eigenvalue weighted by atomic mass is 32.1. The lowest BCUT2D eigenvalue weighted by Crippen LogP contribution is -2.42. The van der Waals surface area contributed by atoms with Crippen molar-refractivity contribution in [3.63, 3.8) is 0 Å². The maximum atomic E-state index is 14.3. The van der Waals surface area contributed by atoms with Crippen LogP contribution < -0.4 is 15.8 Å². The zero-order chi connectivity index (χ0) is 25.1. The maximum absolute atomic E-state index is 14.3. The summed E-state index contributed by atoms with van der Waals surface area (Å²) in [6, 6.07) is 12.1. The summed E-state index contributed by atoms with van der Waals surface area (Å²) in [7, 11) is 0. The van der Waals surface area contributed by atoms with Crippen molar-refractivity contribution in [1.29, 1.82) is 0 Å². The minimum Gasteiger partial charge on any atom is -0.453 e. The van der Waals surface area contributed by atoms with Gasteiger partial charge in [0.25, 0.3) is 0 Å². The Hall–Kier alpha value is -3.56. The normalized spacial score (nSPS) is 16.2. The Balaban J connectivity index is 1.30. The number of fused-ring (bicyclic) bond motifs is 1. The van der Waals surface area contributed by atoms with Gasteiger partial charge in [-0.15, -0.1) is 11.3 Å². The standard InChI is InChI=1S/C27H28FN5O2S/c1-2-30-27(34)18-4-3-11-33(16-18)15-17-5-7-21(32-14-17)25-13-22-26(36-25)24(9-10-31-22)35-23-8-6-19(29)12-20(23)28/h5-10,12-14,18H,2-4,11,15-16,29H2,1H3,(H,30,34). The van der Waals surface area contributed by atoms with Crippen LogP contribution in [-0.2, 0) is 11.3 Å². The van der Waals surface area contributed by atoms with E-state index in [4.69, 9.17) is 15.5 Å². The fourth-order valence-electron chi connectivity index (χ4n) is 4.49. The first-order chi connectivity index (χ1) is 17.5. The third-order valence-electron chi connectivity index (χ3n) is 6.26. The number of rotatable bonds is 7. The molecule has 1 unspecified atom stereocenters. The number of carbonyl (C=O) groups is 1. The molecule has 1 amide bonds. The van der Waals surface area contributed by atoms with Crippen molar-refractivity contribution in [3.8, 4) is 22.1 Å². The average Bonchev–Trinajstić information content (AvgIpc) is 3.32. The number of anilines is 1. The van der Waals surface area contributed by atoms with E-state index in [9.17, 15) is 9.18 Å². The van der Waals surface area contributed by atoms with E-state index in [0.29, 0.717) is 18.0 Å². The van der Waals surface area contributed by atoms with Gasteiger partial charge in [-0.25, -0.2) is 4.39 Å². The summed E-state index contributed by atoms with van der Waals surface area (Å²) in [5, 5.41) is 2.94. The first kappa shape index (κ1) is 24.1. The van der Waals surface area contributed by atoms with Crippen LogP contribution in [0.15, 0.2) is 54.9 Å². The molecular formula is C27H28FN5O2S. The van der Waals surface area contributed by atoms with Crippen molar-refractivity contribution in [2.75, 3.05) is 25.4 Å². The topological polar surface area (TPSA) is 93.4 Å². The highest BCUT2D eigenvalue weighted by Gasteiger charge is 2.25. The predicted octanol–water partition coefficient (Wildman–Crippen LogP) is 5.22. The van der Waals surface area contributed by atoms with Crippen LogP contribution in [0.5, 0.6) is 11.5 Å². The smallest absolute Gasteiger partial charge is 0.224 e. The fraction of sp³-hybridized carbons (Fsp3) is 0.296. The Morgan fingerprint density at radius 1 is 1.22 bits per heavy atom. The second-order valence-corrected chi connectivity index (χ2v) is 10.00. The van der Waals surface area contributed by atoms with Gasteiger partial charge in [-0.1, -0.05) is 6.07 Å². The summed E-state index contributed by atoms with van der Waals surface area (Å²) in [6.45, 7) is 5.14. The van der Waals surface area contributed by atoms with E-state index in [2.05, 4.69) is 21.3 Å². The predicted molar refractivity (Wildman–Crippen MR) is 140 cm³/mol. The number of hydrogen-bond acceptors (Lipinski definition) is 7. The molecule has 4 heterocycles. The molecule has 0 radical (unpaired) electrons. The molecule has 7 nitrogen and oxygen atoms in total. The van der Waals surface area contributed by atoms with Crippen LogP contribution in [0.2, 0.25) is 0 Å². The maximum Gasteiger partial charge on any atom is 0.224 e. The third kappa shape index (κ3) is 5.32. The van der Waals surface area contributed by atoms with Gasteiger partial charge in [0.05, 0.1) is 26.7 Å². The molecule has 1 atom stereocenters. The van der Waals surface area contributed by atoms with Gasteiger partial charge in [-0.05, 0) is 56.1 Å². The molecule has 0 spiro atoms. The zero-order valence-electron chi connectivity index (χ0n) is 20.0. The lowest BCUT2D eigenvalue weighted by molar-refractivity contribution is -0.126. The molecule has 4 aromatic rings. The van der Waals surface area contributed by atoms with Crippen LogP contribution in [0.1, 0.15) is 25.3 Å². The monoisotopic (exact) mass is 505 g/mol. The van der Waals surface area contributed by atoms with Crippen LogP contribution in [-0.4, -0.2) is 40.4 Å². The molecule has 1 fully saturated rings. The first-order valence-corrected chi connectivity index (χ1v) is 12.9. The number of nitrogens with one attached hydrogen (secondary N) is 1. The van der Waals surface area contributed by atoms with E-state index in [1.165, 1.54) is 23.5 Å². The summed E-state index contributed by atoms with van der Waals surface area (Å²) >= 11 is 1.50. The molecular weight excluding hydrogens is 477 g/mol. The summed E-state index contributed by atoms with van der Waals surface area (Å²) in [5.41, 5.74) is 8.69. The molecule has 0 aliphatic carbocycles. The molecule has 1 saturated heterocycles. The van der Waals surface area contributed by atoms with Gasteiger partial charge in [-0.2, -0.15) is 0 Å². The van der Waals surface area contributed by atoms with E-state index in [1.807, 2.05) is 25.3 Å². The van der Waals surface area contributed by atoms with Gasteiger partial charge < -0.3 is 15.8 Å². The van der Waals surface area contributed by atoms with Gasteiger partial charge in [0.1, 0.15) is 5.75 Å². The first-order valence-electron chi connectivity index (χ1n) is 12.1. The van der Waals surface area contributed by atoms with E-state index in [-0.39, 0.29) is 17.6 Å². The average molecular weight is 506 g/mol. The van der Waals surface area contributed by atoms with Crippen molar-refractivity contribution < 1.29 is 13.9 Å². The van der Waals surface area contributed by atoms with Gasteiger partial charge in [0.15, 0.2) is 11.6 Å². The molecule has 36 heavy (non-hydrogen) atoms. The third-order valence-corrected chi connectivity index (χ3v) is 7.42. The van der Waals surface area contributed by atoms with Gasteiger partial charge in [0, 0.05) is 49.8 Å². The number of pyridine rings is 2. The van der Waals surface area contributed by atoms with Crippen LogP contribution >= 0.6 is 11.3 Å². The number of benzene rings is 1. The molecule has 9 heteroatoms. The van der Waals surface area contributed by atoms with Gasteiger partial charge in [-0.3, -0.25) is 19.7 Å². The van der Waals surface area contributed by atoms with Crippen molar-refractivity contribution in [2.45, 2.75) is 26.3 Å². The van der Waals surface area contributed by atoms with E-state index >= 15 is 0 Å². The minimum absolute atomic E-state index is 0.0510. The molecule has 3 aromatic heterocycles. The largest absolute Gasteiger partial charge is 0.453 e. The quantitative estimate of drug-likeness (QED) is 0.335. The Bertz CT molecular complexity index is 1370. The zero-order valence-corrected chi connectivity index (χ0v) is 20.9. The van der Waals surface area contributed by atoms with Crippen molar-refractivity contribution >= 4 is 33.1 Å². The highest BCUT2D eigenvalue weighted by Crippen LogP contribution is 2.39. The second kappa shape index (κ2) is 10.6. The molecule has 186 valence electrons. The summed E-state index contributed by atoms with van der Waals surface area (Å²) in [4.78, 5) is 24.7. The number of nitrogens with zero attached hydrogens (tertiary/aromatic N) is 3. The molecule has 1 aliphatic heterocycles. The van der Waals surface area contributed by atoms with Crippen LogP contribution in [0.4, 0.5) is 10.1 Å². The number of aromatic nitrogens is 2. The van der Waals surface area contributed by atoms with Crippen molar-refractivity contribution in [2.24, 2.45) is 5.92 Å². The summed E-state index contributed by atoms with van der Waals surface area (Å²) in [5.74, 6) is 0.330. The van der Waals surface area contributed by atoms with E-state index < -0.39 is 5.82 Å². The number of thiophene rings is 1. The molecule has 3 N–H and O–H groups in total. The number of hydrogen-bond donors (Lipinski definition) is 2. The van der Waals surface area contributed by atoms with Crippen LogP contribution in [0.3, 0.4) is 0 Å².